The summed E-state index contributed by atoms with van der Waals surface area (Å²) in [4.78, 5) is 12.9. The fourth-order valence-corrected chi connectivity index (χ4v) is 6.19. The zero-order valence-electron chi connectivity index (χ0n) is 22.0. The second-order valence-electron chi connectivity index (χ2n) is 10.2. The number of fused-ring (bicyclic) bond motifs is 2. The van der Waals surface area contributed by atoms with Crippen LogP contribution >= 0.6 is 0 Å². The Kier molecular flexibility index (Phi) is 6.49. The molecule has 1 aliphatic rings. The van der Waals surface area contributed by atoms with Crippen LogP contribution in [0.3, 0.4) is 0 Å². The highest BCUT2D eigenvalue weighted by molar-refractivity contribution is 7.92. The number of aromatic nitrogens is 4. The quantitative estimate of drug-likeness (QED) is 0.282. The number of morpholine rings is 1. The summed E-state index contributed by atoms with van der Waals surface area (Å²) in [6.07, 6.45) is 0.146. The normalized spacial score (nSPS) is 18.3. The molecule has 6 rings (SSSR count). The molecule has 202 valence electrons. The van der Waals surface area contributed by atoms with E-state index in [0.29, 0.717) is 29.3 Å². The minimum absolute atomic E-state index is 0.146. The Balaban J connectivity index is 1.31. The highest BCUT2D eigenvalue weighted by Gasteiger charge is 2.27. The van der Waals surface area contributed by atoms with Crippen molar-refractivity contribution in [3.05, 3.63) is 66.7 Å². The molecule has 0 aliphatic carbocycles. The molecule has 2 unspecified atom stereocenters. The molecule has 1 aliphatic heterocycles. The fraction of sp³-hybridized carbons (Fsp3) is 0.286. The number of aromatic amines is 2. The Morgan fingerprint density at radius 2 is 1.92 bits per heavy atom. The highest BCUT2D eigenvalue weighted by atomic mass is 32.2. The van der Waals surface area contributed by atoms with Crippen LogP contribution in [0.4, 0.5) is 11.4 Å². The molecule has 3 N–H and O–H groups in total. The predicted molar refractivity (Wildman–Crippen MR) is 154 cm³/mol. The Hall–Kier alpha value is -3.93. The van der Waals surface area contributed by atoms with Gasteiger partial charge in [0.05, 0.1) is 39.8 Å². The van der Waals surface area contributed by atoms with Gasteiger partial charge in [-0.2, -0.15) is 5.10 Å². The van der Waals surface area contributed by atoms with Crippen molar-refractivity contribution in [2.24, 2.45) is 0 Å². The van der Waals surface area contributed by atoms with Gasteiger partial charge in [-0.3, -0.25) is 9.82 Å². The first-order valence-electron chi connectivity index (χ1n) is 12.9. The standard InChI is InChI=1S/C28H31N7O3S/c1-18-17-38-20(15-34(2)3)16-35(18)19-12-13-23-25(14-19)30-28(29-23)27-22-10-7-11-24(26(22)31-32-27)33-39(36,37)21-8-5-4-6-9-21/h4-14,18,20,33H,15-17H2,1-3H3,(H,29,30)(H,31,32). The average Bonchev–Trinajstić information content (AvgIpc) is 3.54. The summed E-state index contributed by atoms with van der Waals surface area (Å²) in [5, 5.41) is 8.26. The van der Waals surface area contributed by atoms with Crippen LogP contribution in [0, 0.1) is 0 Å². The van der Waals surface area contributed by atoms with Crippen LogP contribution in [0.25, 0.3) is 33.5 Å². The largest absolute Gasteiger partial charge is 0.373 e. The van der Waals surface area contributed by atoms with Gasteiger partial charge in [-0.15, -0.1) is 0 Å². The summed E-state index contributed by atoms with van der Waals surface area (Å²) in [6.45, 7) is 4.54. The number of H-pyrrole nitrogens is 2. The zero-order valence-corrected chi connectivity index (χ0v) is 22.9. The molecule has 0 spiro atoms. The molecule has 3 heterocycles. The number of hydrogen-bond acceptors (Lipinski definition) is 7. The van der Waals surface area contributed by atoms with Gasteiger partial charge in [0.1, 0.15) is 5.69 Å². The van der Waals surface area contributed by atoms with Crippen molar-refractivity contribution in [2.45, 2.75) is 24.0 Å². The van der Waals surface area contributed by atoms with Gasteiger partial charge >= 0.3 is 0 Å². The van der Waals surface area contributed by atoms with Crippen LogP contribution in [-0.2, 0) is 14.8 Å². The molecule has 0 bridgehead atoms. The smallest absolute Gasteiger partial charge is 0.261 e. The van der Waals surface area contributed by atoms with E-state index in [1.54, 1.807) is 42.5 Å². The maximum Gasteiger partial charge on any atom is 0.261 e. The van der Waals surface area contributed by atoms with Crippen LogP contribution in [-0.4, -0.2) is 79.4 Å². The van der Waals surface area contributed by atoms with E-state index in [0.717, 1.165) is 35.2 Å². The zero-order chi connectivity index (χ0) is 27.1. The lowest BCUT2D eigenvalue weighted by atomic mass is 10.1. The van der Waals surface area contributed by atoms with Gasteiger partial charge in [0.25, 0.3) is 10.0 Å². The van der Waals surface area contributed by atoms with Crippen molar-refractivity contribution in [1.82, 2.24) is 25.1 Å². The summed E-state index contributed by atoms with van der Waals surface area (Å²) in [7, 11) is 0.370. The molecule has 1 saturated heterocycles. The van der Waals surface area contributed by atoms with Crippen LogP contribution in [0.15, 0.2) is 71.6 Å². The number of para-hydroxylation sites is 1. The number of nitrogens with one attached hydrogen (secondary N) is 3. The van der Waals surface area contributed by atoms with Crippen molar-refractivity contribution in [2.75, 3.05) is 43.4 Å². The maximum atomic E-state index is 12.9. The van der Waals surface area contributed by atoms with E-state index >= 15 is 0 Å². The number of ether oxygens (including phenoxy) is 1. The van der Waals surface area contributed by atoms with Gasteiger partial charge < -0.3 is 19.5 Å². The topological polar surface area (TPSA) is 119 Å². The van der Waals surface area contributed by atoms with Crippen molar-refractivity contribution in [3.8, 4) is 11.5 Å². The van der Waals surface area contributed by atoms with Gasteiger partial charge in [-0.25, -0.2) is 13.4 Å². The fourth-order valence-electron chi connectivity index (χ4n) is 5.09. The third-order valence-electron chi connectivity index (χ3n) is 6.99. The first-order valence-corrected chi connectivity index (χ1v) is 14.3. The number of sulfonamides is 1. The molecule has 2 atom stereocenters. The first kappa shape index (κ1) is 25.4. The molecule has 0 amide bonds. The second kappa shape index (κ2) is 9.99. The predicted octanol–water partition coefficient (Wildman–Crippen LogP) is 4.06. The lowest BCUT2D eigenvalue weighted by Gasteiger charge is -2.40. The Morgan fingerprint density at radius 3 is 2.72 bits per heavy atom. The van der Waals surface area contributed by atoms with Gasteiger partial charge in [0.15, 0.2) is 5.82 Å². The summed E-state index contributed by atoms with van der Waals surface area (Å²) in [6, 6.07) is 20.2. The Morgan fingerprint density at radius 1 is 1.10 bits per heavy atom. The number of rotatable bonds is 7. The monoisotopic (exact) mass is 545 g/mol. The minimum atomic E-state index is -3.75. The lowest BCUT2D eigenvalue weighted by molar-refractivity contribution is 0.00880. The minimum Gasteiger partial charge on any atom is -0.373 e. The van der Waals surface area contributed by atoms with Gasteiger partial charge in [-0.1, -0.05) is 30.3 Å². The van der Waals surface area contributed by atoms with Crippen molar-refractivity contribution < 1.29 is 13.2 Å². The van der Waals surface area contributed by atoms with E-state index in [2.05, 4.69) is 62.9 Å². The third kappa shape index (κ3) is 4.96. The SMILES string of the molecule is CC1COC(CN(C)C)CN1c1ccc2nc(-c3n[nH]c4c(NS(=O)(=O)c5ccccc5)cccc34)[nH]c2c1. The molecule has 1 fully saturated rings. The number of hydrogen-bond donors (Lipinski definition) is 3. The van der Waals surface area contributed by atoms with Crippen LogP contribution in [0.5, 0.6) is 0 Å². The number of benzene rings is 3. The van der Waals surface area contributed by atoms with Crippen molar-refractivity contribution >= 4 is 43.3 Å². The molecular formula is C28H31N7O3S. The second-order valence-corrected chi connectivity index (χ2v) is 11.9. The summed E-state index contributed by atoms with van der Waals surface area (Å²) in [5.74, 6) is 0.608. The van der Waals surface area contributed by atoms with Gasteiger partial charge in [0.2, 0.25) is 0 Å². The Labute approximate surface area is 227 Å². The number of likely N-dealkylation sites (N-methyl/N-ethyl adjacent to an activating group) is 1. The summed E-state index contributed by atoms with van der Waals surface area (Å²) >= 11 is 0. The van der Waals surface area contributed by atoms with Crippen molar-refractivity contribution in [1.29, 1.82) is 0 Å². The van der Waals surface area contributed by atoms with Crippen LogP contribution < -0.4 is 9.62 Å². The number of anilines is 2. The highest BCUT2D eigenvalue weighted by Crippen LogP contribution is 2.32. The average molecular weight is 546 g/mol. The molecule has 39 heavy (non-hydrogen) atoms. The third-order valence-corrected chi connectivity index (χ3v) is 8.37. The molecule has 0 radical (unpaired) electrons. The van der Waals surface area contributed by atoms with E-state index in [1.807, 2.05) is 12.1 Å². The van der Waals surface area contributed by atoms with E-state index in [-0.39, 0.29) is 17.0 Å². The van der Waals surface area contributed by atoms with Gasteiger partial charge in [0, 0.05) is 30.2 Å². The number of nitrogens with zero attached hydrogens (tertiary/aromatic N) is 4. The van der Waals surface area contributed by atoms with Crippen LogP contribution in [0.2, 0.25) is 0 Å². The number of imidazole rings is 1. The molecule has 11 heteroatoms. The lowest BCUT2D eigenvalue weighted by Crippen LogP contribution is -2.51. The Bertz CT molecular complexity index is 1730. The van der Waals surface area contributed by atoms with E-state index < -0.39 is 10.0 Å². The van der Waals surface area contributed by atoms with Crippen molar-refractivity contribution in [3.63, 3.8) is 0 Å². The molecule has 2 aromatic heterocycles. The molecule has 10 nitrogen and oxygen atoms in total. The van der Waals surface area contributed by atoms with Crippen LogP contribution in [0.1, 0.15) is 6.92 Å². The van der Waals surface area contributed by atoms with Gasteiger partial charge in [-0.05, 0) is 57.4 Å². The molecule has 0 saturated carbocycles. The summed E-state index contributed by atoms with van der Waals surface area (Å²) in [5.41, 5.74) is 4.47. The molecule has 3 aromatic carbocycles. The molecule has 5 aromatic rings. The molecular weight excluding hydrogens is 514 g/mol. The first-order chi connectivity index (χ1) is 18.8. The van der Waals surface area contributed by atoms with E-state index in [1.165, 1.54) is 0 Å². The van der Waals surface area contributed by atoms with E-state index in [4.69, 9.17) is 9.72 Å². The van der Waals surface area contributed by atoms with E-state index in [9.17, 15) is 8.42 Å². The maximum absolute atomic E-state index is 12.9. The summed E-state index contributed by atoms with van der Waals surface area (Å²) < 4.78 is 34.6.